The van der Waals surface area contributed by atoms with Gasteiger partial charge in [-0.1, -0.05) is 29.3 Å². The quantitative estimate of drug-likeness (QED) is 0.713. The molecule has 1 heterocycles. The normalized spacial score (nSPS) is 10.0. The Bertz CT molecular complexity index is 885. The van der Waals surface area contributed by atoms with E-state index in [1.807, 2.05) is 0 Å². The summed E-state index contributed by atoms with van der Waals surface area (Å²) in [6.45, 7) is 0. The summed E-state index contributed by atoms with van der Waals surface area (Å²) in [5.41, 5.74) is 1.87. The molecular weight excluding hydrogens is 347 g/mol. The molecule has 0 unspecified atom stereocenters. The fraction of sp³-hybridized carbons (Fsp3) is 0. The van der Waals surface area contributed by atoms with E-state index in [4.69, 9.17) is 28.5 Å². The average Bonchev–Trinajstić information content (AvgIpc) is 2.59. The summed E-state index contributed by atoms with van der Waals surface area (Å²) in [7, 11) is 0. The highest BCUT2D eigenvalue weighted by Gasteiger charge is 2.08. The smallest absolute Gasteiger partial charge is 0.249 e. The fourth-order valence-electron chi connectivity index (χ4n) is 1.92. The second-order valence-corrected chi connectivity index (χ2v) is 5.52. The van der Waals surface area contributed by atoms with Gasteiger partial charge in [-0.25, -0.2) is 0 Å². The van der Waals surface area contributed by atoms with E-state index in [0.29, 0.717) is 27.1 Å². The van der Waals surface area contributed by atoms with Gasteiger partial charge in [0, 0.05) is 5.69 Å². The highest BCUT2D eigenvalue weighted by molar-refractivity contribution is 6.39. The Balaban J connectivity index is 1.80. The van der Waals surface area contributed by atoms with Crippen LogP contribution in [0.1, 0.15) is 5.56 Å². The van der Waals surface area contributed by atoms with Gasteiger partial charge in [0.1, 0.15) is 0 Å². The van der Waals surface area contributed by atoms with E-state index in [1.54, 1.807) is 42.5 Å². The van der Waals surface area contributed by atoms with Crippen molar-refractivity contribution in [1.82, 2.24) is 15.2 Å². The van der Waals surface area contributed by atoms with Crippen molar-refractivity contribution < 1.29 is 0 Å². The number of rotatable bonds is 4. The summed E-state index contributed by atoms with van der Waals surface area (Å²) in [5, 5.41) is 23.6. The molecule has 0 radical (unpaired) electrons. The number of hydrogen-bond acceptors (Lipinski definition) is 6. The van der Waals surface area contributed by atoms with Gasteiger partial charge < -0.3 is 10.6 Å². The molecular formula is C16H10Cl2N6. The lowest BCUT2D eigenvalue weighted by atomic mass is 10.2. The second-order valence-electron chi connectivity index (χ2n) is 4.70. The maximum Gasteiger partial charge on any atom is 0.249 e. The van der Waals surface area contributed by atoms with Gasteiger partial charge in [-0.15, -0.1) is 5.10 Å². The van der Waals surface area contributed by atoms with Gasteiger partial charge in [0.2, 0.25) is 5.95 Å². The lowest BCUT2D eigenvalue weighted by Gasteiger charge is -2.10. The molecule has 0 aliphatic carbocycles. The van der Waals surface area contributed by atoms with Crippen LogP contribution in [0.25, 0.3) is 0 Å². The number of benzene rings is 2. The van der Waals surface area contributed by atoms with Gasteiger partial charge in [-0.05, 0) is 36.4 Å². The lowest BCUT2D eigenvalue weighted by molar-refractivity contribution is 0.982. The van der Waals surface area contributed by atoms with Gasteiger partial charge in [0.25, 0.3) is 0 Å². The molecule has 6 nitrogen and oxygen atoms in total. The first-order chi connectivity index (χ1) is 11.7. The van der Waals surface area contributed by atoms with Crippen LogP contribution in [0.5, 0.6) is 0 Å². The minimum Gasteiger partial charge on any atom is -0.339 e. The number of hydrogen-bond donors (Lipinski definition) is 2. The van der Waals surface area contributed by atoms with Crippen LogP contribution in [0.3, 0.4) is 0 Å². The maximum atomic E-state index is 8.81. The first-order valence-corrected chi connectivity index (χ1v) is 7.59. The van der Waals surface area contributed by atoms with E-state index in [1.165, 1.54) is 6.20 Å². The van der Waals surface area contributed by atoms with E-state index in [9.17, 15) is 0 Å². The molecule has 2 N–H and O–H groups in total. The van der Waals surface area contributed by atoms with E-state index < -0.39 is 0 Å². The van der Waals surface area contributed by atoms with Crippen LogP contribution < -0.4 is 10.6 Å². The summed E-state index contributed by atoms with van der Waals surface area (Å²) in [6, 6.07) is 14.2. The van der Waals surface area contributed by atoms with Crippen molar-refractivity contribution in [3.8, 4) is 6.07 Å². The van der Waals surface area contributed by atoms with E-state index >= 15 is 0 Å². The first-order valence-electron chi connectivity index (χ1n) is 6.83. The fourth-order valence-corrected chi connectivity index (χ4v) is 2.41. The third-order valence-corrected chi connectivity index (χ3v) is 3.67. The topological polar surface area (TPSA) is 86.5 Å². The van der Waals surface area contributed by atoms with E-state index in [-0.39, 0.29) is 5.95 Å². The molecule has 8 heteroatoms. The second kappa shape index (κ2) is 7.13. The Kier molecular flexibility index (Phi) is 4.75. The van der Waals surface area contributed by atoms with Crippen molar-refractivity contribution in [2.75, 3.05) is 10.6 Å². The zero-order valence-electron chi connectivity index (χ0n) is 12.2. The molecule has 2 aromatic carbocycles. The largest absolute Gasteiger partial charge is 0.339 e. The highest BCUT2D eigenvalue weighted by Crippen LogP contribution is 2.31. The Morgan fingerprint density at radius 2 is 1.67 bits per heavy atom. The summed E-state index contributed by atoms with van der Waals surface area (Å²) >= 11 is 12.2. The zero-order chi connectivity index (χ0) is 16.9. The first kappa shape index (κ1) is 16.0. The minimum atomic E-state index is 0.253. The summed E-state index contributed by atoms with van der Waals surface area (Å²) in [5.74, 6) is 0.740. The van der Waals surface area contributed by atoms with Crippen LogP contribution in [-0.2, 0) is 0 Å². The van der Waals surface area contributed by atoms with Crippen LogP contribution in [0.15, 0.2) is 48.7 Å². The van der Waals surface area contributed by atoms with Crippen LogP contribution in [0.4, 0.5) is 23.1 Å². The van der Waals surface area contributed by atoms with Crippen molar-refractivity contribution in [3.05, 3.63) is 64.3 Å². The third-order valence-electron chi connectivity index (χ3n) is 3.04. The van der Waals surface area contributed by atoms with Gasteiger partial charge in [0.15, 0.2) is 5.82 Å². The highest BCUT2D eigenvalue weighted by atomic mass is 35.5. The SMILES string of the molecule is N#Cc1ccc(Nc2cnnc(Nc3c(Cl)cccc3Cl)n2)cc1. The van der Waals surface area contributed by atoms with Gasteiger partial charge >= 0.3 is 0 Å². The molecule has 0 amide bonds. The molecule has 0 atom stereocenters. The Morgan fingerprint density at radius 1 is 0.958 bits per heavy atom. The van der Waals surface area contributed by atoms with Crippen LogP contribution >= 0.6 is 23.2 Å². The number of anilines is 4. The maximum absolute atomic E-state index is 8.81. The molecule has 3 rings (SSSR count). The van der Waals surface area contributed by atoms with Crippen LogP contribution in [0.2, 0.25) is 10.0 Å². The number of nitriles is 1. The minimum absolute atomic E-state index is 0.253. The van der Waals surface area contributed by atoms with Crippen LogP contribution in [-0.4, -0.2) is 15.2 Å². The summed E-state index contributed by atoms with van der Waals surface area (Å²) < 4.78 is 0. The number of halogens is 2. The van der Waals surface area contributed by atoms with E-state index in [0.717, 1.165) is 5.69 Å². The number of nitrogens with zero attached hydrogens (tertiary/aromatic N) is 4. The van der Waals surface area contributed by atoms with Crippen molar-refractivity contribution in [2.24, 2.45) is 0 Å². The molecule has 0 aliphatic rings. The molecule has 0 saturated heterocycles. The Hall–Kier alpha value is -2.88. The number of para-hydroxylation sites is 1. The van der Waals surface area contributed by atoms with Crippen molar-refractivity contribution in [1.29, 1.82) is 5.26 Å². The van der Waals surface area contributed by atoms with Crippen molar-refractivity contribution >= 4 is 46.3 Å². The molecule has 0 spiro atoms. The van der Waals surface area contributed by atoms with Crippen molar-refractivity contribution in [2.45, 2.75) is 0 Å². The predicted octanol–water partition coefficient (Wildman–Crippen LogP) is 4.54. The molecule has 0 fully saturated rings. The molecule has 24 heavy (non-hydrogen) atoms. The Morgan fingerprint density at radius 3 is 2.33 bits per heavy atom. The van der Waals surface area contributed by atoms with Gasteiger partial charge in [-0.3, -0.25) is 0 Å². The Labute approximate surface area is 148 Å². The average molecular weight is 357 g/mol. The van der Waals surface area contributed by atoms with Gasteiger partial charge in [0.05, 0.1) is 33.6 Å². The number of aromatic nitrogens is 3. The number of nitrogens with one attached hydrogen (secondary N) is 2. The van der Waals surface area contributed by atoms with Crippen LogP contribution in [0, 0.1) is 11.3 Å². The van der Waals surface area contributed by atoms with Crippen molar-refractivity contribution in [3.63, 3.8) is 0 Å². The molecule has 1 aromatic heterocycles. The third kappa shape index (κ3) is 3.71. The lowest BCUT2D eigenvalue weighted by Crippen LogP contribution is -2.03. The predicted molar refractivity (Wildman–Crippen MR) is 94.0 cm³/mol. The molecule has 3 aromatic rings. The monoisotopic (exact) mass is 356 g/mol. The molecule has 118 valence electrons. The van der Waals surface area contributed by atoms with Gasteiger partial charge in [-0.2, -0.15) is 15.3 Å². The molecule has 0 saturated carbocycles. The summed E-state index contributed by atoms with van der Waals surface area (Å²) in [6.07, 6.45) is 1.48. The standard InChI is InChI=1S/C16H10Cl2N6/c17-12-2-1-3-13(18)15(12)23-16-22-14(9-20-24-16)21-11-6-4-10(8-19)5-7-11/h1-7,9H,(H2,21,22,23,24). The summed E-state index contributed by atoms with van der Waals surface area (Å²) in [4.78, 5) is 4.31. The zero-order valence-corrected chi connectivity index (χ0v) is 13.7. The molecule has 0 bridgehead atoms. The molecule has 0 aliphatic heterocycles. The van der Waals surface area contributed by atoms with E-state index in [2.05, 4.69) is 31.9 Å².